The Labute approximate surface area is 164 Å². The van der Waals surface area contributed by atoms with E-state index < -0.39 is 5.60 Å². The molecule has 7 heteroatoms. The summed E-state index contributed by atoms with van der Waals surface area (Å²) in [7, 11) is 0. The van der Waals surface area contributed by atoms with E-state index in [1.165, 1.54) is 24.1 Å². The zero-order valence-electron chi connectivity index (χ0n) is 13.3. The van der Waals surface area contributed by atoms with Crippen LogP contribution in [0.4, 0.5) is 0 Å². The summed E-state index contributed by atoms with van der Waals surface area (Å²) in [5.41, 5.74) is -0.507. The van der Waals surface area contributed by atoms with E-state index in [0.29, 0.717) is 0 Å². The molecule has 1 saturated heterocycles. The maximum Gasteiger partial charge on any atom is 0.0736 e. The third-order valence-electron chi connectivity index (χ3n) is 4.95. The van der Waals surface area contributed by atoms with Crippen LogP contribution in [0.25, 0.3) is 0 Å². The maximum atomic E-state index is 11.3. The topological polar surface area (TPSA) is 35.5 Å². The van der Waals surface area contributed by atoms with E-state index >= 15 is 0 Å². The van der Waals surface area contributed by atoms with Gasteiger partial charge in [-0.3, -0.25) is 0 Å². The number of thiophene rings is 1. The second-order valence-corrected chi connectivity index (χ2v) is 8.29. The van der Waals surface area contributed by atoms with E-state index in [-0.39, 0.29) is 30.7 Å². The lowest BCUT2D eigenvalue weighted by Gasteiger charge is -2.42. The summed E-state index contributed by atoms with van der Waals surface area (Å²) in [5, 5.41) is 16.8. The van der Waals surface area contributed by atoms with Gasteiger partial charge in [0.25, 0.3) is 0 Å². The van der Waals surface area contributed by atoms with Crippen molar-refractivity contribution in [3.05, 3.63) is 20.8 Å². The Hall–Kier alpha value is 0.640. The molecule has 1 aromatic rings. The van der Waals surface area contributed by atoms with Gasteiger partial charge in [-0.2, -0.15) is 0 Å². The van der Waals surface area contributed by atoms with Gasteiger partial charge >= 0.3 is 0 Å². The predicted molar refractivity (Wildman–Crippen MR) is 107 cm³/mol. The van der Waals surface area contributed by atoms with Crippen molar-refractivity contribution in [1.29, 1.82) is 0 Å². The summed E-state index contributed by atoms with van der Waals surface area (Å²) in [5.74, 6) is 0.257. The van der Waals surface area contributed by atoms with E-state index in [1.807, 2.05) is 0 Å². The van der Waals surface area contributed by atoms with Crippen LogP contribution in [0.2, 0.25) is 0 Å². The molecule has 2 aliphatic rings. The lowest BCUT2D eigenvalue weighted by atomic mass is 9.74. The SMILES string of the molecule is Cl.Cl.OC1(C(CN2CCNCC2)c2cc(Br)cs2)CCCCC1. The Morgan fingerprint density at radius 1 is 1.22 bits per heavy atom. The van der Waals surface area contributed by atoms with Crippen LogP contribution in [-0.4, -0.2) is 48.3 Å². The van der Waals surface area contributed by atoms with Gasteiger partial charge in [0.05, 0.1) is 5.60 Å². The van der Waals surface area contributed by atoms with Gasteiger partial charge in [0.15, 0.2) is 0 Å². The minimum Gasteiger partial charge on any atom is -0.389 e. The zero-order chi connectivity index (χ0) is 14.7. The molecule has 2 N–H and O–H groups in total. The van der Waals surface area contributed by atoms with Gasteiger partial charge in [0.1, 0.15) is 0 Å². The monoisotopic (exact) mass is 444 g/mol. The number of piperazine rings is 1. The molecule has 3 rings (SSSR count). The van der Waals surface area contributed by atoms with E-state index in [4.69, 9.17) is 0 Å². The summed E-state index contributed by atoms with van der Waals surface area (Å²) < 4.78 is 1.15. The van der Waals surface area contributed by atoms with Gasteiger partial charge in [-0.05, 0) is 34.8 Å². The van der Waals surface area contributed by atoms with Gasteiger partial charge < -0.3 is 15.3 Å². The van der Waals surface area contributed by atoms with Crippen molar-refractivity contribution in [2.45, 2.75) is 43.6 Å². The number of hydrogen-bond acceptors (Lipinski definition) is 4. The van der Waals surface area contributed by atoms with Crippen molar-refractivity contribution in [3.8, 4) is 0 Å². The van der Waals surface area contributed by atoms with Crippen molar-refractivity contribution in [2.24, 2.45) is 0 Å². The van der Waals surface area contributed by atoms with Crippen LogP contribution >= 0.6 is 52.1 Å². The van der Waals surface area contributed by atoms with Gasteiger partial charge in [-0.1, -0.05) is 19.3 Å². The molecule has 1 unspecified atom stereocenters. The van der Waals surface area contributed by atoms with Crippen molar-refractivity contribution in [1.82, 2.24) is 10.2 Å². The summed E-state index contributed by atoms with van der Waals surface area (Å²) in [6.07, 6.45) is 5.53. The van der Waals surface area contributed by atoms with Gasteiger partial charge in [0.2, 0.25) is 0 Å². The molecule has 2 heterocycles. The Bertz CT molecular complexity index is 463. The Morgan fingerprint density at radius 3 is 2.43 bits per heavy atom. The number of halogens is 3. The van der Waals surface area contributed by atoms with Crippen molar-refractivity contribution < 1.29 is 5.11 Å². The molecular formula is C16H27BrCl2N2OS. The molecule has 134 valence electrons. The maximum absolute atomic E-state index is 11.3. The highest BCUT2D eigenvalue weighted by Crippen LogP contribution is 2.42. The van der Waals surface area contributed by atoms with Crippen molar-refractivity contribution >= 4 is 52.1 Å². The van der Waals surface area contributed by atoms with Crippen LogP contribution in [0.15, 0.2) is 15.9 Å². The normalized spacial score (nSPS) is 22.7. The smallest absolute Gasteiger partial charge is 0.0736 e. The summed E-state index contributed by atoms with van der Waals surface area (Å²) >= 11 is 5.36. The molecule has 0 radical (unpaired) electrons. The lowest BCUT2D eigenvalue weighted by molar-refractivity contribution is -0.0307. The van der Waals surface area contributed by atoms with Crippen LogP contribution in [0.1, 0.15) is 42.9 Å². The molecule has 3 nitrogen and oxygen atoms in total. The molecule has 0 amide bonds. The van der Waals surface area contributed by atoms with Crippen LogP contribution in [-0.2, 0) is 0 Å². The third kappa shape index (κ3) is 5.56. The van der Waals surface area contributed by atoms with Crippen molar-refractivity contribution in [3.63, 3.8) is 0 Å². The Balaban J connectivity index is 0.00000132. The largest absolute Gasteiger partial charge is 0.389 e. The van der Waals surface area contributed by atoms with Crippen LogP contribution < -0.4 is 5.32 Å². The quantitative estimate of drug-likeness (QED) is 0.733. The second-order valence-electron chi connectivity index (χ2n) is 6.43. The zero-order valence-corrected chi connectivity index (χ0v) is 17.3. The molecule has 23 heavy (non-hydrogen) atoms. The van der Waals surface area contributed by atoms with E-state index in [0.717, 1.165) is 50.0 Å². The molecule has 2 fully saturated rings. The minimum atomic E-state index is -0.507. The van der Waals surface area contributed by atoms with Crippen LogP contribution in [0.3, 0.4) is 0 Å². The Morgan fingerprint density at radius 2 is 1.87 bits per heavy atom. The van der Waals surface area contributed by atoms with Gasteiger partial charge in [0, 0.05) is 53.4 Å². The standard InChI is InChI=1S/C16H25BrN2OS.2ClH/c17-13-10-15(21-12-13)14(11-19-8-6-18-7-9-19)16(20)4-2-1-3-5-16;;/h10,12,14,18,20H,1-9,11H2;2*1H. The Kier molecular flexibility index (Phi) is 9.38. The molecule has 0 aromatic carbocycles. The number of hydrogen-bond donors (Lipinski definition) is 2. The fourth-order valence-electron chi connectivity index (χ4n) is 3.70. The molecule has 0 bridgehead atoms. The van der Waals surface area contributed by atoms with E-state index in [1.54, 1.807) is 11.3 Å². The number of rotatable bonds is 4. The predicted octanol–water partition coefficient (Wildman–Crippen LogP) is 4.04. The first kappa shape index (κ1) is 21.7. The molecule has 1 aliphatic carbocycles. The molecular weight excluding hydrogens is 419 g/mol. The van der Waals surface area contributed by atoms with E-state index in [9.17, 15) is 5.11 Å². The summed E-state index contributed by atoms with van der Waals surface area (Å²) in [6, 6.07) is 2.21. The highest BCUT2D eigenvalue weighted by Gasteiger charge is 2.40. The minimum absolute atomic E-state index is 0. The summed E-state index contributed by atoms with van der Waals surface area (Å²) in [4.78, 5) is 3.85. The number of nitrogens with one attached hydrogen (secondary N) is 1. The molecule has 1 aromatic heterocycles. The molecule has 1 aliphatic heterocycles. The molecule has 1 saturated carbocycles. The van der Waals surface area contributed by atoms with Crippen LogP contribution in [0.5, 0.6) is 0 Å². The van der Waals surface area contributed by atoms with Crippen LogP contribution in [0, 0.1) is 0 Å². The fourth-order valence-corrected chi connectivity index (χ4v) is 5.35. The van der Waals surface area contributed by atoms with Gasteiger partial charge in [-0.15, -0.1) is 36.2 Å². The number of nitrogens with zero attached hydrogens (tertiary/aromatic N) is 1. The van der Waals surface area contributed by atoms with E-state index in [2.05, 4.69) is 37.6 Å². The average Bonchev–Trinajstić information content (AvgIpc) is 2.93. The van der Waals surface area contributed by atoms with Gasteiger partial charge in [-0.25, -0.2) is 0 Å². The second kappa shape index (κ2) is 9.95. The first-order valence-electron chi connectivity index (χ1n) is 8.07. The fraction of sp³-hybridized carbons (Fsp3) is 0.750. The molecule has 0 spiro atoms. The lowest BCUT2D eigenvalue weighted by Crippen LogP contribution is -2.49. The first-order valence-corrected chi connectivity index (χ1v) is 9.74. The number of aliphatic hydroxyl groups is 1. The first-order chi connectivity index (χ1) is 10.2. The third-order valence-corrected chi connectivity index (χ3v) is 6.76. The highest BCUT2D eigenvalue weighted by atomic mass is 79.9. The summed E-state index contributed by atoms with van der Waals surface area (Å²) in [6.45, 7) is 5.32. The highest BCUT2D eigenvalue weighted by molar-refractivity contribution is 9.10. The molecule has 1 atom stereocenters. The van der Waals surface area contributed by atoms with Crippen molar-refractivity contribution in [2.75, 3.05) is 32.7 Å². The average molecular weight is 446 g/mol.